The van der Waals surface area contributed by atoms with Crippen LogP contribution in [0.3, 0.4) is 0 Å². The van der Waals surface area contributed by atoms with E-state index in [0.717, 1.165) is 16.7 Å². The van der Waals surface area contributed by atoms with Gasteiger partial charge in [-0.2, -0.15) is 11.3 Å². The summed E-state index contributed by atoms with van der Waals surface area (Å²) in [5.74, 6) is -0.238. The normalized spacial score (nSPS) is 12.8. The number of benzene rings is 1. The maximum atomic E-state index is 13.1. The Morgan fingerprint density at radius 2 is 1.94 bits per heavy atom. The summed E-state index contributed by atoms with van der Waals surface area (Å²) in [7, 11) is 0. The first-order valence-corrected chi connectivity index (χ1v) is 6.00. The minimum absolute atomic E-state index is 0.238. The Balaban J connectivity index is 2.38. The molecule has 0 aliphatic rings. The number of aliphatic hydroxyl groups is 1. The zero-order valence-electron chi connectivity index (χ0n) is 9.20. The van der Waals surface area contributed by atoms with Crippen LogP contribution in [0.25, 0.3) is 0 Å². The van der Waals surface area contributed by atoms with Gasteiger partial charge in [0.1, 0.15) is 11.9 Å². The molecule has 1 unspecified atom stereocenters. The van der Waals surface area contributed by atoms with Crippen molar-refractivity contribution < 1.29 is 9.50 Å². The molecule has 1 N–H and O–H groups in total. The first-order valence-electron chi connectivity index (χ1n) is 5.06. The van der Waals surface area contributed by atoms with Crippen LogP contribution in [-0.4, -0.2) is 5.11 Å². The fourth-order valence-corrected chi connectivity index (χ4v) is 2.54. The predicted molar refractivity (Wildman–Crippen MR) is 64.3 cm³/mol. The monoisotopic (exact) mass is 236 g/mol. The Kier molecular flexibility index (Phi) is 3.08. The second kappa shape index (κ2) is 4.36. The molecule has 0 spiro atoms. The first kappa shape index (κ1) is 11.3. The lowest BCUT2D eigenvalue weighted by Gasteiger charge is -2.12. The van der Waals surface area contributed by atoms with Gasteiger partial charge < -0.3 is 5.11 Å². The van der Waals surface area contributed by atoms with Crippen molar-refractivity contribution in [1.29, 1.82) is 0 Å². The van der Waals surface area contributed by atoms with Crippen molar-refractivity contribution >= 4 is 11.3 Å². The highest BCUT2D eigenvalue weighted by molar-refractivity contribution is 7.08. The summed E-state index contributed by atoms with van der Waals surface area (Å²) < 4.78 is 13.1. The lowest BCUT2D eigenvalue weighted by atomic mass is 10.00. The molecule has 0 amide bonds. The Labute approximate surface area is 98.2 Å². The van der Waals surface area contributed by atoms with Crippen molar-refractivity contribution in [3.8, 4) is 0 Å². The van der Waals surface area contributed by atoms with E-state index in [9.17, 15) is 9.50 Å². The molecule has 2 rings (SSSR count). The number of halogens is 1. The van der Waals surface area contributed by atoms with Crippen LogP contribution in [0.5, 0.6) is 0 Å². The van der Waals surface area contributed by atoms with Crippen LogP contribution in [0.1, 0.15) is 28.4 Å². The van der Waals surface area contributed by atoms with E-state index in [0.29, 0.717) is 5.56 Å². The van der Waals surface area contributed by atoms with E-state index in [1.54, 1.807) is 30.4 Å². The first-order chi connectivity index (χ1) is 7.59. The SMILES string of the molecule is Cc1cc(C(O)c2cscc2C)ccc1F. The molecule has 16 heavy (non-hydrogen) atoms. The maximum Gasteiger partial charge on any atom is 0.126 e. The average molecular weight is 236 g/mol. The van der Waals surface area contributed by atoms with Gasteiger partial charge in [0.15, 0.2) is 0 Å². The van der Waals surface area contributed by atoms with E-state index in [-0.39, 0.29) is 5.82 Å². The van der Waals surface area contributed by atoms with E-state index >= 15 is 0 Å². The fraction of sp³-hybridized carbons (Fsp3) is 0.231. The van der Waals surface area contributed by atoms with Gasteiger partial charge in [0, 0.05) is 0 Å². The quantitative estimate of drug-likeness (QED) is 0.845. The van der Waals surface area contributed by atoms with Crippen LogP contribution in [-0.2, 0) is 0 Å². The fourth-order valence-electron chi connectivity index (χ4n) is 1.67. The number of rotatable bonds is 2. The summed E-state index contributed by atoms with van der Waals surface area (Å²) in [6, 6.07) is 4.72. The van der Waals surface area contributed by atoms with Crippen molar-refractivity contribution in [1.82, 2.24) is 0 Å². The molecule has 0 saturated heterocycles. The van der Waals surface area contributed by atoms with Crippen LogP contribution < -0.4 is 0 Å². The zero-order chi connectivity index (χ0) is 11.7. The van der Waals surface area contributed by atoms with Gasteiger partial charge in [-0.15, -0.1) is 0 Å². The number of hydrogen-bond acceptors (Lipinski definition) is 2. The van der Waals surface area contributed by atoms with Crippen molar-refractivity contribution in [2.75, 3.05) is 0 Å². The highest BCUT2D eigenvalue weighted by Gasteiger charge is 2.14. The minimum atomic E-state index is -0.662. The highest BCUT2D eigenvalue weighted by atomic mass is 32.1. The molecule has 0 aliphatic carbocycles. The summed E-state index contributed by atoms with van der Waals surface area (Å²) in [5, 5.41) is 14.1. The molecule has 1 heterocycles. The predicted octanol–water partition coefficient (Wildman–Crippen LogP) is 3.59. The Morgan fingerprint density at radius 1 is 1.19 bits per heavy atom. The van der Waals surface area contributed by atoms with E-state index in [1.165, 1.54) is 6.07 Å². The molecule has 1 nitrogen and oxygen atoms in total. The average Bonchev–Trinajstić information content (AvgIpc) is 2.67. The highest BCUT2D eigenvalue weighted by Crippen LogP contribution is 2.28. The molecule has 0 aliphatic heterocycles. The van der Waals surface area contributed by atoms with Crippen LogP contribution in [0.2, 0.25) is 0 Å². The number of hydrogen-bond donors (Lipinski definition) is 1. The molecule has 3 heteroatoms. The Hall–Kier alpha value is -1.19. The van der Waals surface area contributed by atoms with Crippen LogP contribution in [0.4, 0.5) is 4.39 Å². The Bertz CT molecular complexity index is 504. The van der Waals surface area contributed by atoms with Gasteiger partial charge in [-0.3, -0.25) is 0 Å². The molecular weight excluding hydrogens is 223 g/mol. The standard InChI is InChI=1S/C13H13FOS/c1-8-5-10(3-4-12(8)14)13(15)11-7-16-6-9(11)2/h3-7,13,15H,1-2H3. The lowest BCUT2D eigenvalue weighted by Crippen LogP contribution is -2.00. The molecular formula is C13H13FOS. The van der Waals surface area contributed by atoms with Crippen LogP contribution >= 0.6 is 11.3 Å². The molecule has 0 radical (unpaired) electrons. The van der Waals surface area contributed by atoms with Gasteiger partial charge >= 0.3 is 0 Å². The topological polar surface area (TPSA) is 20.2 Å². The maximum absolute atomic E-state index is 13.1. The van der Waals surface area contributed by atoms with Gasteiger partial charge in [0.25, 0.3) is 0 Å². The lowest BCUT2D eigenvalue weighted by molar-refractivity contribution is 0.220. The minimum Gasteiger partial charge on any atom is -0.384 e. The van der Waals surface area contributed by atoms with Gasteiger partial charge in [-0.1, -0.05) is 12.1 Å². The van der Waals surface area contributed by atoms with Gasteiger partial charge in [-0.05, 0) is 52.9 Å². The van der Waals surface area contributed by atoms with Gasteiger partial charge in [-0.25, -0.2) is 4.39 Å². The second-order valence-electron chi connectivity index (χ2n) is 3.92. The molecule has 0 saturated carbocycles. The van der Waals surface area contributed by atoms with Crippen molar-refractivity contribution in [3.05, 3.63) is 57.0 Å². The summed E-state index contributed by atoms with van der Waals surface area (Å²) in [6.07, 6.45) is -0.662. The van der Waals surface area contributed by atoms with Crippen LogP contribution in [0.15, 0.2) is 29.0 Å². The second-order valence-corrected chi connectivity index (χ2v) is 4.66. The number of thiophene rings is 1. The molecule has 84 valence electrons. The third-order valence-corrected chi connectivity index (χ3v) is 3.57. The largest absolute Gasteiger partial charge is 0.384 e. The number of aliphatic hydroxyl groups excluding tert-OH is 1. The zero-order valence-corrected chi connectivity index (χ0v) is 10.0. The van der Waals surface area contributed by atoms with E-state index < -0.39 is 6.10 Å². The molecule has 1 atom stereocenters. The smallest absolute Gasteiger partial charge is 0.126 e. The molecule has 0 bridgehead atoms. The van der Waals surface area contributed by atoms with Crippen molar-refractivity contribution in [3.63, 3.8) is 0 Å². The molecule has 0 fully saturated rings. The summed E-state index contributed by atoms with van der Waals surface area (Å²) >= 11 is 1.56. The third kappa shape index (κ3) is 2.01. The van der Waals surface area contributed by atoms with Crippen molar-refractivity contribution in [2.45, 2.75) is 20.0 Å². The van der Waals surface area contributed by atoms with E-state index in [1.807, 2.05) is 17.7 Å². The van der Waals surface area contributed by atoms with E-state index in [2.05, 4.69) is 0 Å². The van der Waals surface area contributed by atoms with Crippen molar-refractivity contribution in [2.24, 2.45) is 0 Å². The van der Waals surface area contributed by atoms with Crippen LogP contribution in [0, 0.1) is 19.7 Å². The van der Waals surface area contributed by atoms with Gasteiger partial charge in [0.2, 0.25) is 0 Å². The summed E-state index contributed by atoms with van der Waals surface area (Å²) in [6.45, 7) is 3.66. The third-order valence-electron chi connectivity index (χ3n) is 2.69. The molecule has 1 aromatic carbocycles. The van der Waals surface area contributed by atoms with E-state index in [4.69, 9.17) is 0 Å². The number of aryl methyl sites for hydroxylation is 2. The summed E-state index contributed by atoms with van der Waals surface area (Å²) in [5.41, 5.74) is 3.26. The van der Waals surface area contributed by atoms with Gasteiger partial charge in [0.05, 0.1) is 0 Å². The molecule has 2 aromatic rings. The Morgan fingerprint density at radius 3 is 2.50 bits per heavy atom. The molecule has 1 aromatic heterocycles. The summed E-state index contributed by atoms with van der Waals surface area (Å²) in [4.78, 5) is 0.